The highest BCUT2D eigenvalue weighted by Crippen LogP contribution is 2.26. The molecule has 1 aliphatic heterocycles. The van der Waals surface area contributed by atoms with Crippen LogP contribution >= 0.6 is 15.9 Å². The van der Waals surface area contributed by atoms with E-state index in [4.69, 9.17) is 5.73 Å². The largest absolute Gasteiger partial charge is 0.436 e. The Morgan fingerprint density at radius 2 is 1.44 bits per heavy atom. The lowest BCUT2D eigenvalue weighted by molar-refractivity contribution is -0.160. The first-order valence-electron chi connectivity index (χ1n) is 9.80. The van der Waals surface area contributed by atoms with Crippen molar-refractivity contribution in [2.24, 2.45) is 5.73 Å². The molecule has 1 saturated heterocycles. The van der Waals surface area contributed by atoms with E-state index in [1.807, 2.05) is 12.1 Å². The van der Waals surface area contributed by atoms with Gasteiger partial charge in [0, 0.05) is 47.7 Å². The van der Waals surface area contributed by atoms with E-state index in [0.717, 1.165) is 42.0 Å². The van der Waals surface area contributed by atoms with Crippen LogP contribution in [0.3, 0.4) is 0 Å². The Hall–Kier alpha value is -2.95. The highest BCUT2D eigenvalue weighted by molar-refractivity contribution is 9.10. The van der Waals surface area contributed by atoms with E-state index < -0.39 is 30.7 Å². The van der Waals surface area contributed by atoms with Crippen LogP contribution < -0.4 is 20.9 Å². The molecule has 3 N–H and O–H groups in total. The average molecular weight is 515 g/mol. The van der Waals surface area contributed by atoms with Crippen molar-refractivity contribution in [3.05, 3.63) is 53.0 Å². The van der Waals surface area contributed by atoms with Gasteiger partial charge in [0.25, 0.3) is 5.91 Å². The van der Waals surface area contributed by atoms with Crippen molar-refractivity contribution < 1.29 is 27.5 Å². The monoisotopic (exact) mass is 514 g/mol. The van der Waals surface area contributed by atoms with E-state index in [-0.39, 0.29) is 5.69 Å². The van der Waals surface area contributed by atoms with E-state index in [0.29, 0.717) is 0 Å². The predicted molar refractivity (Wildman–Crippen MR) is 119 cm³/mol. The minimum absolute atomic E-state index is 0.285. The number of nitrogens with two attached hydrogens (primary N) is 1. The van der Waals surface area contributed by atoms with Crippen molar-refractivity contribution >= 4 is 45.0 Å². The molecule has 7 nitrogen and oxygen atoms in total. The van der Waals surface area contributed by atoms with Crippen LogP contribution in [-0.2, 0) is 9.53 Å². The predicted octanol–water partition coefficient (Wildman–Crippen LogP) is 4.13. The molecule has 1 heterocycles. The molecule has 1 unspecified atom stereocenters. The molecule has 32 heavy (non-hydrogen) atoms. The lowest BCUT2D eigenvalue weighted by Crippen LogP contribution is -2.46. The molecular formula is C21H22BrF3N4O3. The number of anilines is 3. The van der Waals surface area contributed by atoms with Crippen LogP contribution in [0.1, 0.15) is 6.42 Å². The Balaban J connectivity index is 1.57. The molecule has 0 saturated carbocycles. The highest BCUT2D eigenvalue weighted by atomic mass is 79.9. The van der Waals surface area contributed by atoms with Gasteiger partial charge in [-0.05, 0) is 48.5 Å². The number of benzene rings is 2. The molecule has 3 rings (SSSR count). The SMILES string of the molecule is NC(=O)OC(CC(F)(F)F)C(=O)Nc1ccc(N2CCN(c3ccc(Br)cc3)CC2)cc1. The fourth-order valence-corrected chi connectivity index (χ4v) is 3.66. The fourth-order valence-electron chi connectivity index (χ4n) is 3.39. The third kappa shape index (κ3) is 6.78. The molecule has 0 bridgehead atoms. The quantitative estimate of drug-likeness (QED) is 0.605. The Bertz CT molecular complexity index is 931. The lowest BCUT2D eigenvalue weighted by atomic mass is 10.2. The summed E-state index contributed by atoms with van der Waals surface area (Å²) in [5.74, 6) is -1.10. The molecule has 0 spiro atoms. The zero-order chi connectivity index (χ0) is 23.3. The zero-order valence-corrected chi connectivity index (χ0v) is 18.5. The molecule has 0 aromatic heterocycles. The van der Waals surface area contributed by atoms with Gasteiger partial charge in [-0.3, -0.25) is 4.79 Å². The van der Waals surface area contributed by atoms with Crippen LogP contribution in [0, 0.1) is 0 Å². The van der Waals surface area contributed by atoms with Crippen molar-refractivity contribution in [1.82, 2.24) is 0 Å². The molecule has 2 aromatic rings. The smallest absolute Gasteiger partial charge is 0.405 e. The number of rotatable bonds is 6. The first-order valence-corrected chi connectivity index (χ1v) is 10.6. The molecule has 1 fully saturated rings. The number of ether oxygens (including phenoxy) is 1. The van der Waals surface area contributed by atoms with Gasteiger partial charge in [0.2, 0.25) is 0 Å². The molecule has 1 atom stereocenters. The third-order valence-corrected chi connectivity index (χ3v) is 5.47. The van der Waals surface area contributed by atoms with Gasteiger partial charge in [-0.25, -0.2) is 4.79 Å². The third-order valence-electron chi connectivity index (χ3n) is 4.94. The maximum atomic E-state index is 12.6. The first kappa shape index (κ1) is 23.7. The van der Waals surface area contributed by atoms with Crippen molar-refractivity contribution in [3.63, 3.8) is 0 Å². The number of carbonyl (C=O) groups is 2. The van der Waals surface area contributed by atoms with Crippen molar-refractivity contribution in [1.29, 1.82) is 0 Å². The van der Waals surface area contributed by atoms with Crippen LogP contribution in [0.2, 0.25) is 0 Å². The fraction of sp³-hybridized carbons (Fsp3) is 0.333. The second kappa shape index (κ2) is 10.1. The normalized spacial score (nSPS) is 15.2. The number of nitrogens with one attached hydrogen (secondary N) is 1. The Labute approximate surface area is 191 Å². The van der Waals surface area contributed by atoms with Gasteiger partial charge in [-0.1, -0.05) is 15.9 Å². The number of carbonyl (C=O) groups excluding carboxylic acids is 2. The molecule has 0 radical (unpaired) electrons. The molecule has 2 amide bonds. The second-order valence-electron chi connectivity index (χ2n) is 7.23. The number of amides is 2. The van der Waals surface area contributed by atoms with Gasteiger partial charge in [0.15, 0.2) is 6.10 Å². The van der Waals surface area contributed by atoms with Gasteiger partial charge in [-0.2, -0.15) is 13.2 Å². The second-order valence-corrected chi connectivity index (χ2v) is 8.15. The van der Waals surface area contributed by atoms with Crippen LogP contribution in [0.5, 0.6) is 0 Å². The maximum absolute atomic E-state index is 12.6. The summed E-state index contributed by atoms with van der Waals surface area (Å²) in [4.78, 5) is 27.5. The number of halogens is 4. The van der Waals surface area contributed by atoms with E-state index >= 15 is 0 Å². The van der Waals surface area contributed by atoms with Crippen LogP contribution in [0.4, 0.5) is 35.0 Å². The van der Waals surface area contributed by atoms with Gasteiger partial charge in [0.05, 0.1) is 6.42 Å². The number of hydrogen-bond acceptors (Lipinski definition) is 5. The minimum Gasteiger partial charge on any atom is -0.436 e. The summed E-state index contributed by atoms with van der Waals surface area (Å²) in [7, 11) is 0. The molecule has 11 heteroatoms. The van der Waals surface area contributed by atoms with Gasteiger partial charge in [0.1, 0.15) is 0 Å². The average Bonchev–Trinajstić information content (AvgIpc) is 2.73. The summed E-state index contributed by atoms with van der Waals surface area (Å²) < 4.78 is 43.3. The Morgan fingerprint density at radius 1 is 0.969 bits per heavy atom. The van der Waals surface area contributed by atoms with Crippen LogP contribution in [-0.4, -0.2) is 50.5 Å². The number of primary amides is 1. The van der Waals surface area contributed by atoms with Crippen molar-refractivity contribution in [2.75, 3.05) is 41.3 Å². The van der Waals surface area contributed by atoms with Crippen molar-refractivity contribution in [3.8, 4) is 0 Å². The zero-order valence-electron chi connectivity index (χ0n) is 16.9. The Morgan fingerprint density at radius 3 is 1.88 bits per heavy atom. The lowest BCUT2D eigenvalue weighted by Gasteiger charge is -2.37. The van der Waals surface area contributed by atoms with Gasteiger partial charge in [-0.15, -0.1) is 0 Å². The first-order chi connectivity index (χ1) is 15.1. The topological polar surface area (TPSA) is 87.9 Å². The summed E-state index contributed by atoms with van der Waals surface area (Å²) in [6.07, 6.45) is -9.83. The Kier molecular flexibility index (Phi) is 7.49. The van der Waals surface area contributed by atoms with Gasteiger partial charge < -0.3 is 25.6 Å². The standard InChI is InChI=1S/C21H22BrF3N4O3/c22-14-1-5-16(6-2-14)28-9-11-29(12-10-28)17-7-3-15(4-8-17)27-19(30)18(32-20(26)31)13-21(23,24)25/h1-8,18H,9-13H2,(H2,26,31)(H,27,30). The number of alkyl halides is 3. The minimum atomic E-state index is -4.69. The van der Waals surface area contributed by atoms with Crippen LogP contribution in [0.15, 0.2) is 53.0 Å². The van der Waals surface area contributed by atoms with E-state index in [9.17, 15) is 22.8 Å². The highest BCUT2D eigenvalue weighted by Gasteiger charge is 2.37. The van der Waals surface area contributed by atoms with E-state index in [1.54, 1.807) is 24.3 Å². The summed E-state index contributed by atoms with van der Waals surface area (Å²) in [5.41, 5.74) is 7.14. The molecular weight excluding hydrogens is 493 g/mol. The number of nitrogens with zero attached hydrogens (tertiary/aromatic N) is 2. The summed E-state index contributed by atoms with van der Waals surface area (Å²) in [6.45, 7) is 3.26. The molecule has 0 aliphatic carbocycles. The van der Waals surface area contributed by atoms with Gasteiger partial charge >= 0.3 is 12.3 Å². The maximum Gasteiger partial charge on any atom is 0.405 e. The van der Waals surface area contributed by atoms with E-state index in [2.05, 4.69) is 47.9 Å². The molecule has 2 aromatic carbocycles. The molecule has 1 aliphatic rings. The van der Waals surface area contributed by atoms with Crippen LogP contribution in [0.25, 0.3) is 0 Å². The van der Waals surface area contributed by atoms with Crippen molar-refractivity contribution in [2.45, 2.75) is 18.7 Å². The summed E-state index contributed by atoms with van der Waals surface area (Å²) >= 11 is 3.43. The van der Waals surface area contributed by atoms with E-state index in [1.165, 1.54) is 0 Å². The molecule has 172 valence electrons. The number of piperazine rings is 1. The summed E-state index contributed by atoms with van der Waals surface area (Å²) in [5, 5.41) is 2.33. The summed E-state index contributed by atoms with van der Waals surface area (Å²) in [6, 6.07) is 14.9. The number of hydrogen-bond donors (Lipinski definition) is 2.